The molecule has 0 aliphatic rings. The Labute approximate surface area is 111 Å². The molecule has 1 aromatic rings. The molecule has 0 spiro atoms. The molecule has 0 amide bonds. The molecule has 1 aromatic carbocycles. The number of hydrogen-bond acceptors (Lipinski definition) is 1. The number of benzene rings is 1. The Morgan fingerprint density at radius 2 is 2.00 bits per heavy atom. The van der Waals surface area contributed by atoms with Gasteiger partial charge in [0.05, 0.1) is 0 Å². The fraction of sp³-hybridized carbons (Fsp3) is 0.538. The van der Waals surface area contributed by atoms with Crippen LogP contribution in [0.5, 0.6) is 0 Å². The summed E-state index contributed by atoms with van der Waals surface area (Å²) in [6, 6.07) is 5.86. The summed E-state index contributed by atoms with van der Waals surface area (Å²) in [5.74, 6) is 0.745. The lowest BCUT2D eigenvalue weighted by Crippen LogP contribution is -2.11. The summed E-state index contributed by atoms with van der Waals surface area (Å²) >= 11 is 9.48. The van der Waals surface area contributed by atoms with Gasteiger partial charge in [0.2, 0.25) is 0 Å². The molecule has 16 heavy (non-hydrogen) atoms. The van der Waals surface area contributed by atoms with E-state index in [0.717, 1.165) is 33.8 Å². The Morgan fingerprint density at radius 1 is 1.31 bits per heavy atom. The van der Waals surface area contributed by atoms with Crippen LogP contribution in [-0.2, 0) is 0 Å². The number of hydrogen-bond donors (Lipinski definition) is 1. The second-order valence-electron chi connectivity index (χ2n) is 4.60. The van der Waals surface area contributed by atoms with E-state index >= 15 is 0 Å². The van der Waals surface area contributed by atoms with Crippen LogP contribution in [0.2, 0.25) is 5.02 Å². The third kappa shape index (κ3) is 4.44. The fourth-order valence-electron chi connectivity index (χ4n) is 1.70. The molecule has 0 bridgehead atoms. The van der Waals surface area contributed by atoms with Crippen molar-refractivity contribution in [1.82, 2.24) is 0 Å². The second-order valence-corrected chi connectivity index (χ2v) is 5.89. The first-order valence-corrected chi connectivity index (χ1v) is 6.88. The zero-order valence-electron chi connectivity index (χ0n) is 9.84. The van der Waals surface area contributed by atoms with Gasteiger partial charge in [-0.25, -0.2) is 0 Å². The third-order valence-electron chi connectivity index (χ3n) is 2.65. The largest absolute Gasteiger partial charge is 0.324 e. The van der Waals surface area contributed by atoms with Crippen LogP contribution in [0.4, 0.5) is 0 Å². The van der Waals surface area contributed by atoms with Crippen LogP contribution in [0, 0.1) is 5.92 Å². The summed E-state index contributed by atoms with van der Waals surface area (Å²) in [5.41, 5.74) is 7.27. The number of nitrogens with two attached hydrogens (primary N) is 1. The van der Waals surface area contributed by atoms with Gasteiger partial charge in [-0.3, -0.25) is 0 Å². The van der Waals surface area contributed by atoms with Crippen molar-refractivity contribution >= 4 is 27.5 Å². The van der Waals surface area contributed by atoms with E-state index in [1.165, 1.54) is 6.42 Å². The molecule has 0 saturated heterocycles. The van der Waals surface area contributed by atoms with Gasteiger partial charge in [0.25, 0.3) is 0 Å². The molecule has 0 heterocycles. The molecule has 1 atom stereocenters. The molecule has 90 valence electrons. The molecule has 2 N–H and O–H groups in total. The zero-order chi connectivity index (χ0) is 12.1. The molecule has 3 heteroatoms. The molecular formula is C13H19BrClN. The minimum Gasteiger partial charge on any atom is -0.324 e. The van der Waals surface area contributed by atoms with Crippen LogP contribution < -0.4 is 5.73 Å². The van der Waals surface area contributed by atoms with Gasteiger partial charge >= 0.3 is 0 Å². The monoisotopic (exact) mass is 303 g/mol. The molecule has 1 rings (SSSR count). The Kier molecular flexibility index (Phi) is 5.81. The summed E-state index contributed by atoms with van der Waals surface area (Å²) < 4.78 is 1.05. The van der Waals surface area contributed by atoms with Crippen molar-refractivity contribution in [2.45, 2.75) is 39.2 Å². The van der Waals surface area contributed by atoms with Crippen molar-refractivity contribution in [3.63, 3.8) is 0 Å². The van der Waals surface area contributed by atoms with E-state index in [2.05, 4.69) is 29.8 Å². The van der Waals surface area contributed by atoms with Gasteiger partial charge in [0.1, 0.15) is 0 Å². The molecule has 0 fully saturated rings. The number of halogens is 2. The van der Waals surface area contributed by atoms with E-state index in [0.29, 0.717) is 0 Å². The first-order valence-electron chi connectivity index (χ1n) is 5.71. The topological polar surface area (TPSA) is 26.0 Å². The minimum atomic E-state index is 0.0758. The van der Waals surface area contributed by atoms with E-state index in [-0.39, 0.29) is 6.04 Å². The molecule has 0 aliphatic heterocycles. The highest BCUT2D eigenvalue weighted by Crippen LogP contribution is 2.28. The van der Waals surface area contributed by atoms with Gasteiger partial charge < -0.3 is 5.73 Å². The summed E-state index contributed by atoms with van der Waals surface area (Å²) in [5, 5.41) is 0.748. The van der Waals surface area contributed by atoms with E-state index in [1.54, 1.807) is 0 Å². The fourth-order valence-corrected chi connectivity index (χ4v) is 2.42. The Hall–Kier alpha value is -0.0500. The predicted molar refractivity (Wildman–Crippen MR) is 74.8 cm³/mol. The maximum Gasteiger partial charge on any atom is 0.0410 e. The van der Waals surface area contributed by atoms with E-state index in [9.17, 15) is 0 Å². The van der Waals surface area contributed by atoms with E-state index in [4.69, 9.17) is 17.3 Å². The van der Waals surface area contributed by atoms with Crippen LogP contribution in [0.25, 0.3) is 0 Å². The average Bonchev–Trinajstić information content (AvgIpc) is 2.21. The average molecular weight is 305 g/mol. The summed E-state index contributed by atoms with van der Waals surface area (Å²) in [6.07, 6.45) is 3.40. The van der Waals surface area contributed by atoms with Gasteiger partial charge in [0, 0.05) is 15.5 Å². The zero-order valence-corrected chi connectivity index (χ0v) is 12.2. The van der Waals surface area contributed by atoms with Gasteiger partial charge in [0.15, 0.2) is 0 Å². The smallest absolute Gasteiger partial charge is 0.0410 e. The van der Waals surface area contributed by atoms with Crippen LogP contribution in [0.3, 0.4) is 0 Å². The van der Waals surface area contributed by atoms with Gasteiger partial charge in [-0.05, 0) is 36.1 Å². The highest BCUT2D eigenvalue weighted by atomic mass is 79.9. The van der Waals surface area contributed by atoms with Crippen molar-refractivity contribution in [3.05, 3.63) is 33.3 Å². The van der Waals surface area contributed by atoms with Crippen molar-refractivity contribution in [2.24, 2.45) is 11.7 Å². The van der Waals surface area contributed by atoms with E-state index < -0.39 is 0 Å². The number of rotatable bonds is 5. The molecule has 0 radical (unpaired) electrons. The van der Waals surface area contributed by atoms with Crippen LogP contribution in [0.15, 0.2) is 22.7 Å². The van der Waals surface area contributed by atoms with Crippen LogP contribution in [0.1, 0.15) is 44.7 Å². The van der Waals surface area contributed by atoms with Crippen LogP contribution in [-0.4, -0.2) is 0 Å². The van der Waals surface area contributed by atoms with Gasteiger partial charge in [-0.15, -0.1) is 0 Å². The summed E-state index contributed by atoms with van der Waals surface area (Å²) in [4.78, 5) is 0. The van der Waals surface area contributed by atoms with Crippen molar-refractivity contribution in [1.29, 1.82) is 0 Å². The molecule has 0 aromatic heterocycles. The van der Waals surface area contributed by atoms with Crippen molar-refractivity contribution in [3.8, 4) is 0 Å². The first kappa shape index (κ1) is 14.0. The second kappa shape index (κ2) is 6.63. The Balaban J connectivity index is 2.58. The first-order chi connectivity index (χ1) is 7.50. The molecular weight excluding hydrogens is 286 g/mol. The normalized spacial score (nSPS) is 13.1. The molecule has 1 unspecified atom stereocenters. The summed E-state index contributed by atoms with van der Waals surface area (Å²) in [7, 11) is 0. The maximum absolute atomic E-state index is 6.16. The molecule has 1 nitrogen and oxygen atoms in total. The lowest BCUT2D eigenvalue weighted by Gasteiger charge is -2.14. The van der Waals surface area contributed by atoms with E-state index in [1.807, 2.05) is 18.2 Å². The highest BCUT2D eigenvalue weighted by Gasteiger charge is 2.10. The Bertz CT molecular complexity index is 339. The van der Waals surface area contributed by atoms with Crippen molar-refractivity contribution < 1.29 is 0 Å². The maximum atomic E-state index is 6.16. The van der Waals surface area contributed by atoms with Gasteiger partial charge in [-0.2, -0.15) is 0 Å². The molecule has 0 saturated carbocycles. The standard InChI is InChI=1S/C13H19BrClN/c1-9(2)4-3-5-13(16)11-8-10(15)6-7-12(11)14/h6-9,13H,3-5,16H2,1-2H3. The lowest BCUT2D eigenvalue weighted by atomic mass is 9.99. The SMILES string of the molecule is CC(C)CCCC(N)c1cc(Cl)ccc1Br. The molecule has 0 aliphatic carbocycles. The summed E-state index contributed by atoms with van der Waals surface area (Å²) in [6.45, 7) is 4.47. The van der Waals surface area contributed by atoms with Gasteiger partial charge in [-0.1, -0.05) is 54.2 Å². The van der Waals surface area contributed by atoms with Crippen molar-refractivity contribution in [2.75, 3.05) is 0 Å². The minimum absolute atomic E-state index is 0.0758. The highest BCUT2D eigenvalue weighted by molar-refractivity contribution is 9.10. The van der Waals surface area contributed by atoms with Crippen LogP contribution >= 0.6 is 27.5 Å². The Morgan fingerprint density at radius 3 is 2.62 bits per heavy atom. The third-order valence-corrected chi connectivity index (χ3v) is 3.61. The lowest BCUT2D eigenvalue weighted by molar-refractivity contribution is 0.505. The quantitative estimate of drug-likeness (QED) is 0.820. The predicted octanol–water partition coefficient (Wildman–Crippen LogP) is 4.93.